The van der Waals surface area contributed by atoms with Crippen molar-refractivity contribution >= 4 is 46.1 Å². The number of methoxy groups -OCH3 is 1. The molecule has 33 heavy (non-hydrogen) atoms. The number of nitrogens with zero attached hydrogens (tertiary/aromatic N) is 1. The third-order valence-electron chi connectivity index (χ3n) is 4.96. The molecule has 0 atom stereocenters. The fourth-order valence-corrected chi connectivity index (χ4v) is 3.56. The van der Waals surface area contributed by atoms with E-state index in [0.29, 0.717) is 33.7 Å². The van der Waals surface area contributed by atoms with Gasteiger partial charge in [-0.25, -0.2) is 5.43 Å². The van der Waals surface area contributed by atoms with Gasteiger partial charge in [0.25, 0.3) is 5.91 Å². The van der Waals surface area contributed by atoms with Gasteiger partial charge < -0.3 is 9.47 Å². The van der Waals surface area contributed by atoms with Gasteiger partial charge in [-0.2, -0.15) is 5.10 Å². The molecule has 0 aliphatic carbocycles. The lowest BCUT2D eigenvalue weighted by molar-refractivity contribution is 0.0952. The van der Waals surface area contributed by atoms with E-state index in [4.69, 9.17) is 32.7 Å². The van der Waals surface area contributed by atoms with Crippen LogP contribution in [0.2, 0.25) is 10.0 Å². The molecular weight excluding hydrogens is 459 g/mol. The summed E-state index contributed by atoms with van der Waals surface area (Å²) in [5.74, 6) is 0.837. The zero-order valence-electron chi connectivity index (χ0n) is 17.7. The van der Waals surface area contributed by atoms with Crippen molar-refractivity contribution in [1.29, 1.82) is 0 Å². The largest absolute Gasteiger partial charge is 0.496 e. The summed E-state index contributed by atoms with van der Waals surface area (Å²) in [6.45, 7) is 0.369. The van der Waals surface area contributed by atoms with E-state index >= 15 is 0 Å². The lowest BCUT2D eigenvalue weighted by Gasteiger charge is -2.09. The number of hydrogen-bond donors (Lipinski definition) is 1. The molecule has 5 nitrogen and oxygen atoms in total. The van der Waals surface area contributed by atoms with Crippen molar-refractivity contribution in [2.75, 3.05) is 7.11 Å². The Kier molecular flexibility index (Phi) is 7.13. The minimum Gasteiger partial charge on any atom is -0.496 e. The summed E-state index contributed by atoms with van der Waals surface area (Å²) in [4.78, 5) is 12.6. The van der Waals surface area contributed by atoms with Crippen LogP contribution in [0.1, 0.15) is 21.5 Å². The summed E-state index contributed by atoms with van der Waals surface area (Å²) in [5, 5.41) is 7.01. The van der Waals surface area contributed by atoms with Gasteiger partial charge in [-0.05, 0) is 70.4 Å². The van der Waals surface area contributed by atoms with Gasteiger partial charge in [0.1, 0.15) is 18.1 Å². The van der Waals surface area contributed by atoms with E-state index in [1.807, 2.05) is 60.7 Å². The van der Waals surface area contributed by atoms with Crippen molar-refractivity contribution < 1.29 is 14.3 Å². The van der Waals surface area contributed by atoms with E-state index in [0.717, 1.165) is 21.9 Å². The summed E-state index contributed by atoms with van der Waals surface area (Å²) < 4.78 is 11.2. The molecule has 0 fully saturated rings. The Morgan fingerprint density at radius 1 is 0.939 bits per heavy atom. The van der Waals surface area contributed by atoms with Gasteiger partial charge in [0.2, 0.25) is 0 Å². The molecule has 7 heteroatoms. The molecule has 0 bridgehead atoms. The standard InChI is InChI=1S/C26H20Cl2N2O3/c1-32-25-14-20-5-3-2-4-19(20)13-22(25)26(31)30-29-15-17-6-9-21(10-7-17)33-16-18-8-11-23(27)24(28)12-18/h2-15H,16H2,1H3,(H,30,31)/b29-15-. The fourth-order valence-electron chi connectivity index (χ4n) is 3.24. The highest BCUT2D eigenvalue weighted by Crippen LogP contribution is 2.26. The van der Waals surface area contributed by atoms with Gasteiger partial charge in [-0.15, -0.1) is 0 Å². The number of ether oxygens (including phenoxy) is 2. The highest BCUT2D eigenvalue weighted by atomic mass is 35.5. The lowest BCUT2D eigenvalue weighted by Crippen LogP contribution is -2.18. The number of hydrogen-bond acceptors (Lipinski definition) is 4. The molecule has 0 radical (unpaired) electrons. The van der Waals surface area contributed by atoms with Gasteiger partial charge in [-0.1, -0.05) is 53.5 Å². The SMILES string of the molecule is COc1cc2ccccc2cc1C(=O)N/N=C\c1ccc(OCc2ccc(Cl)c(Cl)c2)cc1. The first-order valence-corrected chi connectivity index (χ1v) is 10.9. The predicted molar refractivity (Wildman–Crippen MR) is 133 cm³/mol. The zero-order valence-corrected chi connectivity index (χ0v) is 19.2. The van der Waals surface area contributed by atoms with E-state index in [1.54, 1.807) is 24.4 Å². The van der Waals surface area contributed by atoms with Crippen molar-refractivity contribution in [2.24, 2.45) is 5.10 Å². The molecule has 4 rings (SSSR count). The van der Waals surface area contributed by atoms with Crippen LogP contribution in [0.5, 0.6) is 11.5 Å². The second-order valence-electron chi connectivity index (χ2n) is 7.20. The smallest absolute Gasteiger partial charge is 0.275 e. The van der Waals surface area contributed by atoms with Gasteiger partial charge in [-0.3, -0.25) is 4.79 Å². The van der Waals surface area contributed by atoms with Crippen LogP contribution in [-0.4, -0.2) is 19.2 Å². The lowest BCUT2D eigenvalue weighted by atomic mass is 10.1. The van der Waals surface area contributed by atoms with E-state index in [-0.39, 0.29) is 5.91 Å². The Labute approximate surface area is 201 Å². The van der Waals surface area contributed by atoms with Crippen LogP contribution in [0.15, 0.2) is 84.0 Å². The Bertz CT molecular complexity index is 1320. The summed E-state index contributed by atoms with van der Waals surface area (Å²) in [6.07, 6.45) is 1.56. The Morgan fingerprint density at radius 3 is 2.36 bits per heavy atom. The number of hydrazone groups is 1. The average molecular weight is 479 g/mol. The molecule has 166 valence electrons. The maximum absolute atomic E-state index is 12.6. The molecule has 0 unspecified atom stereocenters. The van der Waals surface area contributed by atoms with Gasteiger partial charge in [0.05, 0.1) is 28.9 Å². The molecule has 0 aromatic heterocycles. The van der Waals surface area contributed by atoms with Gasteiger partial charge in [0, 0.05) is 0 Å². The second kappa shape index (κ2) is 10.4. The summed E-state index contributed by atoms with van der Waals surface area (Å²) in [5.41, 5.74) is 4.70. The topological polar surface area (TPSA) is 59.9 Å². The highest BCUT2D eigenvalue weighted by Gasteiger charge is 2.13. The number of fused-ring (bicyclic) bond motifs is 1. The third-order valence-corrected chi connectivity index (χ3v) is 5.70. The Balaban J connectivity index is 1.37. The minimum atomic E-state index is -0.351. The molecule has 4 aromatic carbocycles. The van der Waals surface area contributed by atoms with Gasteiger partial charge >= 0.3 is 0 Å². The molecule has 0 heterocycles. The highest BCUT2D eigenvalue weighted by molar-refractivity contribution is 6.42. The maximum Gasteiger partial charge on any atom is 0.275 e. The second-order valence-corrected chi connectivity index (χ2v) is 8.02. The van der Waals surface area contributed by atoms with Crippen LogP contribution in [0, 0.1) is 0 Å². The third kappa shape index (κ3) is 5.64. The van der Waals surface area contributed by atoms with E-state index in [1.165, 1.54) is 7.11 Å². The molecule has 0 aliphatic rings. The number of carbonyl (C=O) groups is 1. The van der Waals surface area contributed by atoms with Crippen molar-refractivity contribution in [3.8, 4) is 11.5 Å². The summed E-state index contributed by atoms with van der Waals surface area (Å²) >= 11 is 12.0. The van der Waals surface area contributed by atoms with Crippen molar-refractivity contribution in [1.82, 2.24) is 5.43 Å². The molecule has 0 saturated carbocycles. The molecule has 1 amide bonds. The first-order valence-electron chi connectivity index (χ1n) is 10.1. The molecule has 0 aliphatic heterocycles. The normalized spacial score (nSPS) is 11.0. The number of amides is 1. The molecule has 1 N–H and O–H groups in total. The van der Waals surface area contributed by atoms with Crippen molar-refractivity contribution in [3.63, 3.8) is 0 Å². The first kappa shape index (κ1) is 22.6. The number of rotatable bonds is 7. The van der Waals surface area contributed by atoms with Crippen LogP contribution in [0.4, 0.5) is 0 Å². The van der Waals surface area contributed by atoms with Crippen molar-refractivity contribution in [2.45, 2.75) is 6.61 Å². The zero-order chi connectivity index (χ0) is 23.2. The van der Waals surface area contributed by atoms with Crippen LogP contribution >= 0.6 is 23.2 Å². The minimum absolute atomic E-state index is 0.351. The number of benzene rings is 4. The van der Waals surface area contributed by atoms with Crippen LogP contribution in [0.25, 0.3) is 10.8 Å². The molecule has 0 spiro atoms. The van der Waals surface area contributed by atoms with Gasteiger partial charge in [0.15, 0.2) is 0 Å². The Morgan fingerprint density at radius 2 is 1.67 bits per heavy atom. The fraction of sp³-hybridized carbons (Fsp3) is 0.0769. The monoisotopic (exact) mass is 478 g/mol. The number of halogens is 2. The molecule has 0 saturated heterocycles. The van der Waals surface area contributed by atoms with E-state index in [9.17, 15) is 4.79 Å². The summed E-state index contributed by atoms with van der Waals surface area (Å²) in [6, 6.07) is 24.1. The average Bonchev–Trinajstić information content (AvgIpc) is 2.84. The Hall–Kier alpha value is -3.54. The number of carbonyl (C=O) groups excluding carboxylic acids is 1. The first-order chi connectivity index (χ1) is 16.0. The molecular formula is C26H20Cl2N2O3. The predicted octanol–water partition coefficient (Wildman–Crippen LogP) is 6.50. The quantitative estimate of drug-likeness (QED) is 0.243. The van der Waals surface area contributed by atoms with Crippen LogP contribution in [-0.2, 0) is 6.61 Å². The van der Waals surface area contributed by atoms with Crippen LogP contribution in [0.3, 0.4) is 0 Å². The van der Waals surface area contributed by atoms with E-state index in [2.05, 4.69) is 10.5 Å². The van der Waals surface area contributed by atoms with Crippen molar-refractivity contribution in [3.05, 3.63) is 106 Å². The number of nitrogens with one attached hydrogen (secondary N) is 1. The van der Waals surface area contributed by atoms with Crippen LogP contribution < -0.4 is 14.9 Å². The molecule has 4 aromatic rings. The van der Waals surface area contributed by atoms with E-state index < -0.39 is 0 Å². The maximum atomic E-state index is 12.6. The summed E-state index contributed by atoms with van der Waals surface area (Å²) in [7, 11) is 1.54.